The summed E-state index contributed by atoms with van der Waals surface area (Å²) in [5.41, 5.74) is 8.55. The summed E-state index contributed by atoms with van der Waals surface area (Å²) in [5, 5.41) is 0.567. The monoisotopic (exact) mass is 320 g/mol. The summed E-state index contributed by atoms with van der Waals surface area (Å²) in [6.07, 6.45) is 0. The van der Waals surface area contributed by atoms with E-state index in [-0.39, 0.29) is 0 Å². The van der Waals surface area contributed by atoms with Gasteiger partial charge >= 0.3 is 0 Å². The van der Waals surface area contributed by atoms with E-state index in [1.54, 1.807) is 13.2 Å². The fourth-order valence-corrected chi connectivity index (χ4v) is 2.75. The van der Waals surface area contributed by atoms with E-state index >= 15 is 0 Å². The van der Waals surface area contributed by atoms with Gasteiger partial charge in [-0.3, -0.25) is 0 Å². The maximum Gasteiger partial charge on any atom is 0.119 e. The lowest BCUT2D eigenvalue weighted by atomic mass is 10.1. The largest absolute Gasteiger partial charge is 0.497 e. The van der Waals surface area contributed by atoms with Crippen LogP contribution in [0.25, 0.3) is 0 Å². The van der Waals surface area contributed by atoms with Crippen molar-refractivity contribution in [3.05, 3.63) is 58.6 Å². The molecule has 0 radical (unpaired) electrons. The third-order valence-electron chi connectivity index (χ3n) is 3.20. The van der Waals surface area contributed by atoms with Crippen molar-refractivity contribution >= 4 is 34.5 Å². The number of hydrogen-bond donors (Lipinski definition) is 1. The lowest BCUT2D eigenvalue weighted by molar-refractivity contribution is 0.414. The SMILES string of the molecule is COc1cccc(CN(C)c2cccc(Cl)c2C(N)=S)c1. The van der Waals surface area contributed by atoms with E-state index in [1.165, 1.54) is 0 Å². The van der Waals surface area contributed by atoms with E-state index in [0.717, 1.165) is 17.0 Å². The number of benzene rings is 2. The fourth-order valence-electron chi connectivity index (χ4n) is 2.20. The van der Waals surface area contributed by atoms with Crippen molar-refractivity contribution in [1.82, 2.24) is 0 Å². The Morgan fingerprint density at radius 1 is 1.29 bits per heavy atom. The van der Waals surface area contributed by atoms with Crippen LogP contribution in [0.4, 0.5) is 5.69 Å². The minimum Gasteiger partial charge on any atom is -0.497 e. The lowest BCUT2D eigenvalue weighted by Gasteiger charge is -2.23. The van der Waals surface area contributed by atoms with Crippen LogP contribution in [-0.2, 0) is 6.54 Å². The molecule has 3 nitrogen and oxygen atoms in total. The Labute approximate surface area is 135 Å². The van der Waals surface area contributed by atoms with Crippen molar-refractivity contribution < 1.29 is 4.74 Å². The number of rotatable bonds is 5. The Balaban J connectivity index is 2.30. The summed E-state index contributed by atoms with van der Waals surface area (Å²) in [6.45, 7) is 0.702. The van der Waals surface area contributed by atoms with Crippen LogP contribution in [0.3, 0.4) is 0 Å². The molecule has 21 heavy (non-hydrogen) atoms. The molecule has 0 spiro atoms. The van der Waals surface area contributed by atoms with Crippen LogP contribution in [-0.4, -0.2) is 19.1 Å². The van der Waals surface area contributed by atoms with Gasteiger partial charge in [0.1, 0.15) is 10.7 Å². The van der Waals surface area contributed by atoms with Crippen LogP contribution in [0, 0.1) is 0 Å². The quantitative estimate of drug-likeness (QED) is 0.854. The van der Waals surface area contributed by atoms with Crippen molar-refractivity contribution in [1.29, 1.82) is 0 Å². The zero-order chi connectivity index (χ0) is 15.4. The first-order chi connectivity index (χ1) is 10.0. The van der Waals surface area contributed by atoms with E-state index in [0.29, 0.717) is 22.1 Å². The second-order valence-electron chi connectivity index (χ2n) is 4.71. The van der Waals surface area contributed by atoms with Gasteiger partial charge in [0.25, 0.3) is 0 Å². The molecule has 0 heterocycles. The van der Waals surface area contributed by atoms with Gasteiger partial charge in [-0.2, -0.15) is 0 Å². The number of nitrogens with zero attached hydrogens (tertiary/aromatic N) is 1. The summed E-state index contributed by atoms with van der Waals surface area (Å²) in [4.78, 5) is 2.36. The molecule has 0 saturated carbocycles. The second kappa shape index (κ2) is 6.78. The number of halogens is 1. The predicted molar refractivity (Wildman–Crippen MR) is 92.4 cm³/mol. The first kappa shape index (κ1) is 15.6. The van der Waals surface area contributed by atoms with Crippen LogP contribution in [0.15, 0.2) is 42.5 Å². The first-order valence-electron chi connectivity index (χ1n) is 6.45. The van der Waals surface area contributed by atoms with E-state index < -0.39 is 0 Å². The number of methoxy groups -OCH3 is 1. The fraction of sp³-hybridized carbons (Fsp3) is 0.188. The molecule has 0 aliphatic heterocycles. The topological polar surface area (TPSA) is 38.5 Å². The number of anilines is 1. The standard InChI is InChI=1S/C16H17ClN2OS/c1-19(10-11-5-3-6-12(9-11)20-2)14-8-4-7-13(17)15(14)16(18)21/h3-9H,10H2,1-2H3,(H2,18,21). The van der Waals surface area contributed by atoms with Crippen LogP contribution < -0.4 is 15.4 Å². The maximum atomic E-state index is 6.20. The average molecular weight is 321 g/mol. The van der Waals surface area contributed by atoms with Gasteiger partial charge in [-0.15, -0.1) is 0 Å². The molecule has 0 saturated heterocycles. The van der Waals surface area contributed by atoms with Gasteiger partial charge in [-0.25, -0.2) is 0 Å². The van der Waals surface area contributed by atoms with Gasteiger partial charge in [0.2, 0.25) is 0 Å². The van der Waals surface area contributed by atoms with Crippen molar-refractivity contribution in [2.24, 2.45) is 5.73 Å². The normalized spacial score (nSPS) is 10.2. The predicted octanol–water partition coefficient (Wildman–Crippen LogP) is 3.62. The number of nitrogens with two attached hydrogens (primary N) is 1. The Morgan fingerprint density at radius 2 is 2.00 bits per heavy atom. The molecule has 0 bridgehead atoms. The van der Waals surface area contributed by atoms with Gasteiger partial charge in [-0.1, -0.05) is 42.0 Å². The van der Waals surface area contributed by atoms with Crippen molar-refractivity contribution in [2.75, 3.05) is 19.1 Å². The molecular formula is C16H17ClN2OS. The number of hydrogen-bond acceptors (Lipinski definition) is 3. The molecule has 5 heteroatoms. The molecule has 2 aromatic carbocycles. The molecule has 110 valence electrons. The van der Waals surface area contributed by atoms with Crippen LogP contribution in [0.5, 0.6) is 5.75 Å². The van der Waals surface area contributed by atoms with Crippen LogP contribution >= 0.6 is 23.8 Å². The summed E-state index contributed by atoms with van der Waals surface area (Å²) < 4.78 is 5.24. The molecule has 0 unspecified atom stereocenters. The minimum atomic E-state index is 0.299. The maximum absolute atomic E-state index is 6.20. The summed E-state index contributed by atoms with van der Waals surface area (Å²) in [7, 11) is 3.64. The molecule has 0 atom stereocenters. The summed E-state index contributed by atoms with van der Waals surface area (Å²) >= 11 is 11.3. The molecular weight excluding hydrogens is 304 g/mol. The zero-order valence-corrected chi connectivity index (χ0v) is 13.5. The third-order valence-corrected chi connectivity index (χ3v) is 3.72. The average Bonchev–Trinajstić information content (AvgIpc) is 2.46. The van der Waals surface area contributed by atoms with Crippen molar-refractivity contribution in [3.63, 3.8) is 0 Å². The van der Waals surface area contributed by atoms with E-state index in [4.69, 9.17) is 34.3 Å². The van der Waals surface area contributed by atoms with E-state index in [9.17, 15) is 0 Å². The zero-order valence-electron chi connectivity index (χ0n) is 12.0. The van der Waals surface area contributed by atoms with Gasteiger partial charge in [0.05, 0.1) is 17.7 Å². The third kappa shape index (κ3) is 3.65. The Hall–Kier alpha value is -1.78. The van der Waals surface area contributed by atoms with Gasteiger partial charge in [-0.05, 0) is 29.8 Å². The van der Waals surface area contributed by atoms with E-state index in [1.807, 2.05) is 43.4 Å². The molecule has 0 aliphatic carbocycles. The van der Waals surface area contributed by atoms with Crippen molar-refractivity contribution in [2.45, 2.75) is 6.54 Å². The Morgan fingerprint density at radius 3 is 2.67 bits per heavy atom. The Bertz CT molecular complexity index is 660. The minimum absolute atomic E-state index is 0.299. The molecule has 0 aromatic heterocycles. The molecule has 0 amide bonds. The van der Waals surface area contributed by atoms with Crippen LogP contribution in [0.2, 0.25) is 5.02 Å². The molecule has 2 N–H and O–H groups in total. The number of thiocarbonyl (C=S) groups is 1. The highest BCUT2D eigenvalue weighted by atomic mass is 35.5. The highest BCUT2D eigenvalue weighted by Gasteiger charge is 2.13. The highest BCUT2D eigenvalue weighted by molar-refractivity contribution is 7.80. The molecule has 0 fully saturated rings. The smallest absolute Gasteiger partial charge is 0.119 e. The highest BCUT2D eigenvalue weighted by Crippen LogP contribution is 2.28. The van der Waals surface area contributed by atoms with Crippen molar-refractivity contribution in [3.8, 4) is 5.75 Å². The molecule has 2 rings (SSSR count). The van der Waals surface area contributed by atoms with Gasteiger partial charge < -0.3 is 15.4 Å². The summed E-state index contributed by atoms with van der Waals surface area (Å²) in [5.74, 6) is 0.835. The molecule has 0 aliphatic rings. The Kier molecular flexibility index (Phi) is 5.04. The van der Waals surface area contributed by atoms with Gasteiger partial charge in [0.15, 0.2) is 0 Å². The number of ether oxygens (including phenoxy) is 1. The molecule has 2 aromatic rings. The second-order valence-corrected chi connectivity index (χ2v) is 5.55. The lowest BCUT2D eigenvalue weighted by Crippen LogP contribution is -2.21. The van der Waals surface area contributed by atoms with E-state index in [2.05, 4.69) is 4.90 Å². The summed E-state index contributed by atoms with van der Waals surface area (Å²) in [6, 6.07) is 13.6. The van der Waals surface area contributed by atoms with Crippen LogP contribution in [0.1, 0.15) is 11.1 Å². The van der Waals surface area contributed by atoms with Gasteiger partial charge in [0, 0.05) is 19.3 Å². The first-order valence-corrected chi connectivity index (χ1v) is 7.24.